The molecule has 0 saturated carbocycles. The molecule has 20 heavy (non-hydrogen) atoms. The number of carbonyl (C=O) groups is 2. The number of carbonyl (C=O) groups excluding carboxylic acids is 2. The molecule has 2 fully saturated rings. The van der Waals surface area contributed by atoms with Crippen molar-refractivity contribution in [3.05, 3.63) is 0 Å². The second-order valence-electron chi connectivity index (χ2n) is 4.69. The van der Waals surface area contributed by atoms with Crippen LogP contribution in [0.4, 0.5) is 0 Å². The molecule has 0 N–H and O–H groups in total. The summed E-state index contributed by atoms with van der Waals surface area (Å²) < 4.78 is 31.9. The highest BCUT2D eigenvalue weighted by molar-refractivity contribution is 5.67. The lowest BCUT2D eigenvalue weighted by Gasteiger charge is -2.35. The van der Waals surface area contributed by atoms with Crippen LogP contribution >= 0.6 is 0 Å². The van der Waals surface area contributed by atoms with Crippen LogP contribution in [0.5, 0.6) is 0 Å². The number of ether oxygens (including phenoxy) is 6. The lowest BCUT2D eigenvalue weighted by Crippen LogP contribution is -2.54. The molecule has 0 unspecified atom stereocenters. The fourth-order valence-electron chi connectivity index (χ4n) is 2.20. The normalized spacial score (nSPS) is 40.0. The fraction of sp³-hybridized carbons (Fsp3) is 0.833. The summed E-state index contributed by atoms with van der Waals surface area (Å²) in [6.07, 6.45) is -3.05. The summed E-state index contributed by atoms with van der Waals surface area (Å²) in [5.41, 5.74) is 0. The van der Waals surface area contributed by atoms with Crippen LogP contribution in [-0.2, 0) is 38.0 Å². The summed E-state index contributed by atoms with van der Waals surface area (Å²) in [5.74, 6) is -2.30. The third kappa shape index (κ3) is 3.09. The van der Waals surface area contributed by atoms with Crippen molar-refractivity contribution in [3.63, 3.8) is 0 Å². The van der Waals surface area contributed by atoms with E-state index in [2.05, 4.69) is 0 Å². The monoisotopic (exact) mass is 290 g/mol. The Balaban J connectivity index is 2.16. The number of methoxy groups -OCH3 is 1. The zero-order valence-corrected chi connectivity index (χ0v) is 11.8. The number of esters is 2. The summed E-state index contributed by atoms with van der Waals surface area (Å²) >= 11 is 0. The molecular weight excluding hydrogens is 272 g/mol. The molecule has 0 radical (unpaired) electrons. The van der Waals surface area contributed by atoms with Gasteiger partial charge in [-0.3, -0.25) is 14.3 Å². The van der Waals surface area contributed by atoms with Gasteiger partial charge >= 0.3 is 11.9 Å². The van der Waals surface area contributed by atoms with Crippen LogP contribution < -0.4 is 0 Å². The van der Waals surface area contributed by atoms with Crippen molar-refractivity contribution in [2.24, 2.45) is 0 Å². The van der Waals surface area contributed by atoms with Crippen molar-refractivity contribution < 1.29 is 38.0 Å². The van der Waals surface area contributed by atoms with E-state index in [0.717, 1.165) is 0 Å². The van der Waals surface area contributed by atoms with Gasteiger partial charge in [-0.15, -0.1) is 0 Å². The molecule has 2 heterocycles. The van der Waals surface area contributed by atoms with E-state index in [9.17, 15) is 9.59 Å². The van der Waals surface area contributed by atoms with Crippen molar-refractivity contribution in [2.75, 3.05) is 13.7 Å². The van der Waals surface area contributed by atoms with E-state index < -0.39 is 42.5 Å². The molecule has 0 spiro atoms. The van der Waals surface area contributed by atoms with E-state index in [1.54, 1.807) is 6.92 Å². The van der Waals surface area contributed by atoms with E-state index in [-0.39, 0.29) is 6.61 Å². The first-order valence-corrected chi connectivity index (χ1v) is 6.21. The highest BCUT2D eigenvalue weighted by Gasteiger charge is 2.56. The molecule has 0 amide bonds. The molecule has 2 rings (SSSR count). The zero-order chi connectivity index (χ0) is 14.9. The van der Waals surface area contributed by atoms with Crippen LogP contribution in [0, 0.1) is 0 Å². The first kappa shape index (κ1) is 15.2. The fourth-order valence-corrected chi connectivity index (χ4v) is 2.20. The van der Waals surface area contributed by atoms with Gasteiger partial charge < -0.3 is 23.7 Å². The van der Waals surface area contributed by atoms with E-state index in [1.165, 1.54) is 21.0 Å². The van der Waals surface area contributed by atoms with Gasteiger partial charge in [-0.2, -0.15) is 0 Å². The molecule has 114 valence electrons. The molecule has 0 bridgehead atoms. The van der Waals surface area contributed by atoms with Gasteiger partial charge in [0.25, 0.3) is 5.97 Å². The molecule has 2 aliphatic rings. The molecule has 0 aromatic heterocycles. The third-order valence-corrected chi connectivity index (χ3v) is 3.05. The Bertz CT molecular complexity index is 397. The third-order valence-electron chi connectivity index (χ3n) is 3.05. The number of rotatable bonds is 3. The zero-order valence-electron chi connectivity index (χ0n) is 11.8. The lowest BCUT2D eigenvalue weighted by molar-refractivity contribution is -0.331. The van der Waals surface area contributed by atoms with Crippen molar-refractivity contribution in [1.29, 1.82) is 0 Å². The molecule has 0 aromatic carbocycles. The highest BCUT2D eigenvalue weighted by Crippen LogP contribution is 2.36. The maximum Gasteiger partial charge on any atom is 0.303 e. The Labute approximate surface area is 116 Å². The van der Waals surface area contributed by atoms with Crippen molar-refractivity contribution in [1.82, 2.24) is 0 Å². The summed E-state index contributed by atoms with van der Waals surface area (Å²) in [7, 11) is 1.42. The predicted octanol–water partition coefficient (Wildman–Crippen LogP) is -0.0584. The number of fused-ring (bicyclic) bond motifs is 1. The average Bonchev–Trinajstić information content (AvgIpc) is 2.69. The second-order valence-corrected chi connectivity index (χ2v) is 4.69. The van der Waals surface area contributed by atoms with E-state index in [4.69, 9.17) is 28.4 Å². The van der Waals surface area contributed by atoms with Crippen LogP contribution in [0.15, 0.2) is 0 Å². The van der Waals surface area contributed by atoms with E-state index >= 15 is 0 Å². The summed E-state index contributed by atoms with van der Waals surface area (Å²) in [6, 6.07) is 0. The molecule has 2 aliphatic heterocycles. The number of hydrogen-bond acceptors (Lipinski definition) is 8. The summed E-state index contributed by atoms with van der Waals surface area (Å²) in [5, 5.41) is 0. The van der Waals surface area contributed by atoms with E-state index in [1.807, 2.05) is 0 Å². The van der Waals surface area contributed by atoms with Gasteiger partial charge in [0.2, 0.25) is 0 Å². The minimum atomic E-state index is -1.29. The smallest absolute Gasteiger partial charge is 0.303 e. The van der Waals surface area contributed by atoms with Crippen molar-refractivity contribution in [2.45, 2.75) is 51.3 Å². The average molecular weight is 290 g/mol. The van der Waals surface area contributed by atoms with Crippen LogP contribution in [0.3, 0.4) is 0 Å². The second kappa shape index (κ2) is 5.65. The van der Waals surface area contributed by atoms with Gasteiger partial charge in [0.15, 0.2) is 24.6 Å². The minimum Gasteiger partial charge on any atom is -0.456 e. The summed E-state index contributed by atoms with van der Waals surface area (Å²) in [4.78, 5) is 22.3. The maximum absolute atomic E-state index is 11.2. The molecule has 8 heteroatoms. The molecule has 0 aliphatic carbocycles. The lowest BCUT2D eigenvalue weighted by atomic mass is 10.1. The van der Waals surface area contributed by atoms with Crippen molar-refractivity contribution >= 4 is 11.9 Å². The van der Waals surface area contributed by atoms with Crippen LogP contribution in [-0.4, -0.2) is 56.2 Å². The molecule has 8 nitrogen and oxygen atoms in total. The first-order valence-electron chi connectivity index (χ1n) is 6.21. The SMILES string of the molecule is CO[C@@]1(C)O[C@H]2OC[C@@H](OC(C)=O)[C@H](OC(C)=O)[C@H]2O1. The predicted molar refractivity (Wildman–Crippen MR) is 62.2 cm³/mol. The van der Waals surface area contributed by atoms with Gasteiger partial charge in [-0.05, 0) is 0 Å². The highest BCUT2D eigenvalue weighted by atomic mass is 16.9. The van der Waals surface area contributed by atoms with Crippen LogP contribution in [0.1, 0.15) is 20.8 Å². The standard InChI is InChI=1S/C12H18O8/c1-6(13)17-8-5-16-11-10(9(8)18-7(2)14)19-12(3,15-4)20-11/h8-11H,5H2,1-4H3/t8-,9+,10-,11-,12-/m1/s1. The van der Waals surface area contributed by atoms with Crippen molar-refractivity contribution in [3.8, 4) is 0 Å². The Morgan fingerprint density at radius 2 is 1.80 bits per heavy atom. The van der Waals surface area contributed by atoms with Crippen LogP contribution in [0.2, 0.25) is 0 Å². The Morgan fingerprint density at radius 3 is 2.35 bits per heavy atom. The minimum absolute atomic E-state index is 0.0435. The molecule has 0 aromatic rings. The molecular formula is C12H18O8. The Hall–Kier alpha value is -1.22. The first-order chi connectivity index (χ1) is 9.34. The Kier molecular flexibility index (Phi) is 4.28. The van der Waals surface area contributed by atoms with Gasteiger partial charge in [0, 0.05) is 27.9 Å². The quantitative estimate of drug-likeness (QED) is 0.668. The largest absolute Gasteiger partial charge is 0.456 e. The number of hydrogen-bond donors (Lipinski definition) is 0. The topological polar surface area (TPSA) is 89.5 Å². The van der Waals surface area contributed by atoms with Gasteiger partial charge in [0.1, 0.15) is 0 Å². The van der Waals surface area contributed by atoms with Gasteiger partial charge in [-0.25, -0.2) is 0 Å². The molecule has 5 atom stereocenters. The molecule has 2 saturated heterocycles. The van der Waals surface area contributed by atoms with Crippen LogP contribution in [0.25, 0.3) is 0 Å². The Morgan fingerprint density at radius 1 is 1.15 bits per heavy atom. The maximum atomic E-state index is 11.2. The van der Waals surface area contributed by atoms with Gasteiger partial charge in [0.05, 0.1) is 6.61 Å². The van der Waals surface area contributed by atoms with E-state index in [0.29, 0.717) is 0 Å². The van der Waals surface area contributed by atoms with Gasteiger partial charge in [-0.1, -0.05) is 0 Å². The summed E-state index contributed by atoms with van der Waals surface area (Å²) in [6.45, 7) is 4.14.